The van der Waals surface area contributed by atoms with E-state index < -0.39 is 5.60 Å². The SMILES string of the molecule is Cc1cnccc1CN1CCOC2(COCC(=O)N(C)C2)C1. The molecule has 22 heavy (non-hydrogen) atoms. The molecule has 120 valence electrons. The molecule has 1 unspecified atom stereocenters. The minimum absolute atomic E-state index is 0.0163. The highest BCUT2D eigenvalue weighted by Crippen LogP contribution is 2.24. The number of carbonyl (C=O) groups is 1. The van der Waals surface area contributed by atoms with E-state index in [1.54, 1.807) is 4.90 Å². The Morgan fingerprint density at radius 1 is 1.41 bits per heavy atom. The second-order valence-electron chi connectivity index (χ2n) is 6.29. The van der Waals surface area contributed by atoms with Crippen LogP contribution in [0.4, 0.5) is 0 Å². The van der Waals surface area contributed by atoms with Crippen molar-refractivity contribution in [1.29, 1.82) is 0 Å². The van der Waals surface area contributed by atoms with Crippen LogP contribution in [0.3, 0.4) is 0 Å². The van der Waals surface area contributed by atoms with Crippen molar-refractivity contribution in [1.82, 2.24) is 14.8 Å². The molecule has 1 atom stereocenters. The summed E-state index contributed by atoms with van der Waals surface area (Å²) < 4.78 is 11.6. The minimum Gasteiger partial charge on any atom is -0.369 e. The lowest BCUT2D eigenvalue weighted by molar-refractivity contribution is -0.143. The molecule has 1 amide bonds. The number of ether oxygens (including phenoxy) is 2. The van der Waals surface area contributed by atoms with Gasteiger partial charge < -0.3 is 14.4 Å². The molecule has 2 saturated heterocycles. The molecule has 0 bridgehead atoms. The lowest BCUT2D eigenvalue weighted by Gasteiger charge is -2.43. The van der Waals surface area contributed by atoms with Gasteiger partial charge in [-0.05, 0) is 24.1 Å². The van der Waals surface area contributed by atoms with Crippen molar-refractivity contribution < 1.29 is 14.3 Å². The van der Waals surface area contributed by atoms with E-state index in [9.17, 15) is 4.79 Å². The Hall–Kier alpha value is -1.50. The Morgan fingerprint density at radius 3 is 3.09 bits per heavy atom. The Balaban J connectivity index is 1.71. The fourth-order valence-corrected chi connectivity index (χ4v) is 3.16. The van der Waals surface area contributed by atoms with Gasteiger partial charge in [-0.1, -0.05) is 0 Å². The number of nitrogens with zero attached hydrogens (tertiary/aromatic N) is 3. The molecule has 1 spiro atoms. The van der Waals surface area contributed by atoms with Crippen molar-refractivity contribution in [2.45, 2.75) is 19.1 Å². The summed E-state index contributed by atoms with van der Waals surface area (Å²) in [4.78, 5) is 20.0. The highest BCUT2D eigenvalue weighted by atomic mass is 16.5. The molecule has 0 N–H and O–H groups in total. The van der Waals surface area contributed by atoms with Gasteiger partial charge in [-0.25, -0.2) is 0 Å². The fraction of sp³-hybridized carbons (Fsp3) is 0.625. The third-order valence-electron chi connectivity index (χ3n) is 4.40. The second-order valence-corrected chi connectivity index (χ2v) is 6.29. The number of aromatic nitrogens is 1. The quantitative estimate of drug-likeness (QED) is 0.794. The van der Waals surface area contributed by atoms with E-state index in [-0.39, 0.29) is 12.5 Å². The van der Waals surface area contributed by atoms with Gasteiger partial charge in [0.25, 0.3) is 0 Å². The Bertz CT molecular complexity index is 551. The van der Waals surface area contributed by atoms with Gasteiger partial charge in [0, 0.05) is 39.1 Å². The molecule has 2 fully saturated rings. The van der Waals surface area contributed by atoms with Crippen LogP contribution in [0, 0.1) is 6.92 Å². The van der Waals surface area contributed by atoms with E-state index >= 15 is 0 Å². The molecule has 2 aliphatic heterocycles. The van der Waals surface area contributed by atoms with E-state index in [1.807, 2.05) is 19.4 Å². The van der Waals surface area contributed by atoms with Gasteiger partial charge in [0.1, 0.15) is 12.2 Å². The van der Waals surface area contributed by atoms with Crippen molar-refractivity contribution >= 4 is 5.91 Å². The number of pyridine rings is 1. The Morgan fingerprint density at radius 2 is 2.27 bits per heavy atom. The van der Waals surface area contributed by atoms with Gasteiger partial charge in [0.2, 0.25) is 5.91 Å². The number of rotatable bonds is 2. The Kier molecular flexibility index (Phi) is 4.42. The molecule has 6 heteroatoms. The van der Waals surface area contributed by atoms with Gasteiger partial charge in [-0.15, -0.1) is 0 Å². The van der Waals surface area contributed by atoms with E-state index in [2.05, 4.69) is 22.9 Å². The maximum absolute atomic E-state index is 11.8. The zero-order valence-corrected chi connectivity index (χ0v) is 13.2. The second kappa shape index (κ2) is 6.32. The average Bonchev–Trinajstić information content (AvgIpc) is 2.61. The first-order valence-corrected chi connectivity index (χ1v) is 7.65. The predicted octanol–water partition coefficient (Wildman–Crippen LogP) is 0.450. The molecule has 0 aromatic carbocycles. The zero-order valence-electron chi connectivity index (χ0n) is 13.2. The lowest BCUT2D eigenvalue weighted by Crippen LogP contribution is -2.58. The molecule has 2 aliphatic rings. The van der Waals surface area contributed by atoms with E-state index in [0.29, 0.717) is 19.8 Å². The Labute approximate surface area is 131 Å². The van der Waals surface area contributed by atoms with Gasteiger partial charge >= 0.3 is 0 Å². The topological polar surface area (TPSA) is 54.9 Å². The first-order chi connectivity index (χ1) is 10.6. The maximum atomic E-state index is 11.8. The van der Waals surface area contributed by atoms with Crippen molar-refractivity contribution in [3.8, 4) is 0 Å². The first-order valence-electron chi connectivity index (χ1n) is 7.65. The highest BCUT2D eigenvalue weighted by molar-refractivity contribution is 5.77. The summed E-state index contributed by atoms with van der Waals surface area (Å²) in [6.45, 7) is 6.47. The van der Waals surface area contributed by atoms with Gasteiger partial charge in [0.05, 0.1) is 19.8 Å². The number of aryl methyl sites for hydroxylation is 1. The normalized spacial score (nSPS) is 27.2. The van der Waals surface area contributed by atoms with Gasteiger partial charge in [-0.3, -0.25) is 14.7 Å². The van der Waals surface area contributed by atoms with Crippen molar-refractivity contribution in [2.24, 2.45) is 0 Å². The highest BCUT2D eigenvalue weighted by Gasteiger charge is 2.41. The summed E-state index contributed by atoms with van der Waals surface area (Å²) in [7, 11) is 1.81. The molecule has 0 saturated carbocycles. The van der Waals surface area contributed by atoms with E-state index in [0.717, 1.165) is 19.6 Å². The van der Waals surface area contributed by atoms with Crippen molar-refractivity contribution in [2.75, 3.05) is 46.5 Å². The van der Waals surface area contributed by atoms with Crippen LogP contribution in [-0.4, -0.2) is 72.8 Å². The number of hydrogen-bond donors (Lipinski definition) is 0. The number of hydrogen-bond acceptors (Lipinski definition) is 5. The predicted molar refractivity (Wildman–Crippen MR) is 81.4 cm³/mol. The molecule has 1 aromatic rings. The molecule has 3 rings (SSSR count). The van der Waals surface area contributed by atoms with Crippen LogP contribution in [0.25, 0.3) is 0 Å². The van der Waals surface area contributed by atoms with Gasteiger partial charge in [0.15, 0.2) is 0 Å². The summed E-state index contributed by atoms with van der Waals surface area (Å²) in [5.41, 5.74) is 2.07. The number of morpholine rings is 1. The molecule has 0 aliphatic carbocycles. The molecular weight excluding hydrogens is 282 g/mol. The minimum atomic E-state index is -0.417. The smallest absolute Gasteiger partial charge is 0.248 e. The summed E-state index contributed by atoms with van der Waals surface area (Å²) in [6, 6.07) is 2.07. The van der Waals surface area contributed by atoms with Crippen LogP contribution in [0.15, 0.2) is 18.5 Å². The number of likely N-dealkylation sites (N-methyl/N-ethyl adjacent to an activating group) is 1. The van der Waals surface area contributed by atoms with Gasteiger partial charge in [-0.2, -0.15) is 0 Å². The maximum Gasteiger partial charge on any atom is 0.248 e. The van der Waals surface area contributed by atoms with Crippen LogP contribution in [0.1, 0.15) is 11.1 Å². The molecule has 6 nitrogen and oxygen atoms in total. The van der Waals surface area contributed by atoms with Crippen LogP contribution in [0.5, 0.6) is 0 Å². The van der Waals surface area contributed by atoms with E-state index in [4.69, 9.17) is 9.47 Å². The number of carbonyl (C=O) groups excluding carboxylic acids is 1. The number of amides is 1. The summed E-state index contributed by atoms with van der Waals surface area (Å²) in [5, 5.41) is 0. The molecular formula is C16H23N3O3. The van der Waals surface area contributed by atoms with Crippen molar-refractivity contribution in [3.63, 3.8) is 0 Å². The third kappa shape index (κ3) is 3.29. The van der Waals surface area contributed by atoms with Crippen molar-refractivity contribution in [3.05, 3.63) is 29.6 Å². The molecule has 3 heterocycles. The largest absolute Gasteiger partial charge is 0.369 e. The van der Waals surface area contributed by atoms with Crippen LogP contribution < -0.4 is 0 Å². The monoisotopic (exact) mass is 305 g/mol. The standard InChI is InChI=1S/C16H23N3O3/c1-13-7-17-4-3-14(13)8-19-5-6-22-16(11-19)10-18(2)15(20)9-21-12-16/h3-4,7H,5-6,8-12H2,1-2H3. The zero-order chi connectivity index (χ0) is 15.6. The van der Waals surface area contributed by atoms with Crippen LogP contribution in [0.2, 0.25) is 0 Å². The molecule has 0 radical (unpaired) electrons. The van der Waals surface area contributed by atoms with Crippen LogP contribution in [-0.2, 0) is 20.8 Å². The first kappa shape index (κ1) is 15.4. The summed E-state index contributed by atoms with van der Waals surface area (Å²) >= 11 is 0. The summed E-state index contributed by atoms with van der Waals surface area (Å²) in [6.07, 6.45) is 3.73. The summed E-state index contributed by atoms with van der Waals surface area (Å²) in [5.74, 6) is 0.0163. The van der Waals surface area contributed by atoms with Crippen LogP contribution >= 0.6 is 0 Å². The van der Waals surface area contributed by atoms with E-state index in [1.165, 1.54) is 11.1 Å². The molecule has 1 aromatic heterocycles. The average molecular weight is 305 g/mol. The third-order valence-corrected chi connectivity index (χ3v) is 4.40. The fourth-order valence-electron chi connectivity index (χ4n) is 3.16. The lowest BCUT2D eigenvalue weighted by atomic mass is 10.0.